The summed E-state index contributed by atoms with van der Waals surface area (Å²) in [5.41, 5.74) is 8.54. The van der Waals surface area contributed by atoms with E-state index in [0.29, 0.717) is 16.7 Å². The minimum absolute atomic E-state index is 0.327. The Morgan fingerprint density at radius 2 is 2.00 bits per heavy atom. The fraction of sp³-hybridized carbons (Fsp3) is 0.250. The molecule has 0 aliphatic rings. The van der Waals surface area contributed by atoms with Crippen molar-refractivity contribution in [3.63, 3.8) is 0 Å². The molecule has 2 rings (SSSR count). The molecule has 0 aliphatic heterocycles. The van der Waals surface area contributed by atoms with E-state index in [1.807, 2.05) is 18.2 Å². The molecule has 0 saturated carbocycles. The van der Waals surface area contributed by atoms with Crippen LogP contribution >= 0.6 is 12.2 Å². The summed E-state index contributed by atoms with van der Waals surface area (Å²) in [6.07, 6.45) is 3.90. The first kappa shape index (κ1) is 14.5. The molecule has 4 heteroatoms. The van der Waals surface area contributed by atoms with Crippen LogP contribution in [0.15, 0.2) is 48.7 Å². The molecular formula is C16H19N3S. The molecule has 20 heavy (non-hydrogen) atoms. The number of benzene rings is 1. The molecule has 0 amide bonds. The number of hydrogen-bond donors (Lipinski definition) is 2. The van der Waals surface area contributed by atoms with Crippen molar-refractivity contribution >= 4 is 22.9 Å². The highest BCUT2D eigenvalue weighted by atomic mass is 32.1. The minimum Gasteiger partial charge on any atom is -0.388 e. The van der Waals surface area contributed by atoms with E-state index in [1.165, 1.54) is 5.56 Å². The zero-order valence-electron chi connectivity index (χ0n) is 11.5. The SMILES string of the molecule is CC(CCc1ccccc1)Nc1ccc(C(N)=S)nc1. The lowest BCUT2D eigenvalue weighted by molar-refractivity contribution is 0.706. The van der Waals surface area contributed by atoms with Gasteiger partial charge in [-0.25, -0.2) is 0 Å². The van der Waals surface area contributed by atoms with Gasteiger partial charge in [-0.3, -0.25) is 4.98 Å². The minimum atomic E-state index is 0.327. The molecule has 0 saturated heterocycles. The van der Waals surface area contributed by atoms with E-state index < -0.39 is 0 Å². The van der Waals surface area contributed by atoms with Crippen LogP contribution in [-0.2, 0) is 6.42 Å². The molecule has 0 fully saturated rings. The number of pyridine rings is 1. The average molecular weight is 285 g/mol. The largest absolute Gasteiger partial charge is 0.388 e. The summed E-state index contributed by atoms with van der Waals surface area (Å²) in [6, 6.07) is 14.7. The van der Waals surface area contributed by atoms with E-state index in [-0.39, 0.29) is 0 Å². The third kappa shape index (κ3) is 4.31. The monoisotopic (exact) mass is 285 g/mol. The topological polar surface area (TPSA) is 50.9 Å². The molecule has 1 heterocycles. The molecule has 0 spiro atoms. The first-order valence-electron chi connectivity index (χ1n) is 6.71. The quantitative estimate of drug-likeness (QED) is 0.801. The zero-order chi connectivity index (χ0) is 14.4. The Labute approximate surface area is 125 Å². The van der Waals surface area contributed by atoms with Crippen LogP contribution in [0, 0.1) is 0 Å². The van der Waals surface area contributed by atoms with E-state index in [9.17, 15) is 0 Å². The van der Waals surface area contributed by atoms with Crippen molar-refractivity contribution in [1.29, 1.82) is 0 Å². The number of nitrogens with zero attached hydrogens (tertiary/aromatic N) is 1. The van der Waals surface area contributed by atoms with Gasteiger partial charge in [0, 0.05) is 6.04 Å². The highest BCUT2D eigenvalue weighted by molar-refractivity contribution is 7.80. The Hall–Kier alpha value is -1.94. The molecule has 2 aromatic rings. The number of thiocarbonyl (C=S) groups is 1. The predicted molar refractivity (Wildman–Crippen MR) is 88.0 cm³/mol. The summed E-state index contributed by atoms with van der Waals surface area (Å²) in [4.78, 5) is 4.55. The lowest BCUT2D eigenvalue weighted by Crippen LogP contribution is -2.17. The normalized spacial score (nSPS) is 11.8. The maximum Gasteiger partial charge on any atom is 0.122 e. The van der Waals surface area contributed by atoms with Gasteiger partial charge < -0.3 is 11.1 Å². The van der Waals surface area contributed by atoms with Crippen LogP contribution in [-0.4, -0.2) is 16.0 Å². The molecule has 0 radical (unpaired) electrons. The second-order valence-corrected chi connectivity index (χ2v) is 5.31. The summed E-state index contributed by atoms with van der Waals surface area (Å²) in [5.74, 6) is 0. The Morgan fingerprint density at radius 3 is 2.60 bits per heavy atom. The van der Waals surface area contributed by atoms with Gasteiger partial charge in [0.05, 0.1) is 17.6 Å². The third-order valence-electron chi connectivity index (χ3n) is 3.14. The van der Waals surface area contributed by atoms with Crippen molar-refractivity contribution in [2.75, 3.05) is 5.32 Å². The molecule has 1 atom stereocenters. The maximum atomic E-state index is 5.53. The van der Waals surface area contributed by atoms with Gasteiger partial charge in [-0.1, -0.05) is 42.5 Å². The van der Waals surface area contributed by atoms with E-state index in [1.54, 1.807) is 6.20 Å². The molecule has 1 aromatic carbocycles. The van der Waals surface area contributed by atoms with Gasteiger partial charge in [0.1, 0.15) is 4.99 Å². The van der Waals surface area contributed by atoms with Gasteiger partial charge in [-0.2, -0.15) is 0 Å². The van der Waals surface area contributed by atoms with Crippen molar-refractivity contribution < 1.29 is 0 Å². The average Bonchev–Trinajstić information content (AvgIpc) is 2.47. The third-order valence-corrected chi connectivity index (χ3v) is 3.35. The number of aromatic nitrogens is 1. The second-order valence-electron chi connectivity index (χ2n) is 4.87. The standard InChI is InChI=1S/C16H19N3S/c1-12(7-8-13-5-3-2-4-6-13)19-14-9-10-15(16(17)20)18-11-14/h2-6,9-12,19H,7-8H2,1H3,(H2,17,20). The van der Waals surface area contributed by atoms with Gasteiger partial charge in [-0.15, -0.1) is 0 Å². The Bertz CT molecular complexity index is 552. The van der Waals surface area contributed by atoms with Crippen molar-refractivity contribution in [2.45, 2.75) is 25.8 Å². The van der Waals surface area contributed by atoms with Gasteiger partial charge in [0.2, 0.25) is 0 Å². The fourth-order valence-corrected chi connectivity index (χ4v) is 2.13. The molecule has 0 aliphatic carbocycles. The van der Waals surface area contributed by atoms with Crippen LogP contribution in [0.4, 0.5) is 5.69 Å². The van der Waals surface area contributed by atoms with Crippen LogP contribution < -0.4 is 11.1 Å². The van der Waals surface area contributed by atoms with Gasteiger partial charge >= 0.3 is 0 Å². The first-order chi connectivity index (χ1) is 9.65. The molecular weight excluding hydrogens is 266 g/mol. The molecule has 104 valence electrons. The van der Waals surface area contributed by atoms with Crippen LogP contribution in [0.1, 0.15) is 24.6 Å². The number of aryl methyl sites for hydroxylation is 1. The first-order valence-corrected chi connectivity index (χ1v) is 7.12. The zero-order valence-corrected chi connectivity index (χ0v) is 12.4. The van der Waals surface area contributed by atoms with Crippen molar-refractivity contribution in [2.24, 2.45) is 5.73 Å². The lowest BCUT2D eigenvalue weighted by Gasteiger charge is -2.15. The Kier molecular flexibility index (Phi) is 5.07. The Morgan fingerprint density at radius 1 is 1.25 bits per heavy atom. The Balaban J connectivity index is 1.85. The molecule has 1 aromatic heterocycles. The molecule has 3 N–H and O–H groups in total. The van der Waals surface area contributed by atoms with Crippen LogP contribution in [0.2, 0.25) is 0 Å². The second kappa shape index (κ2) is 7.01. The number of hydrogen-bond acceptors (Lipinski definition) is 3. The smallest absolute Gasteiger partial charge is 0.122 e. The summed E-state index contributed by atoms with van der Waals surface area (Å²) in [7, 11) is 0. The summed E-state index contributed by atoms with van der Waals surface area (Å²) in [6.45, 7) is 2.17. The molecule has 3 nitrogen and oxygen atoms in total. The molecule has 0 bridgehead atoms. The predicted octanol–water partition coefficient (Wildman–Crippen LogP) is 3.15. The number of nitrogens with one attached hydrogen (secondary N) is 1. The number of rotatable bonds is 6. The summed E-state index contributed by atoms with van der Waals surface area (Å²) < 4.78 is 0. The van der Waals surface area contributed by atoms with E-state index in [2.05, 4.69) is 41.5 Å². The van der Waals surface area contributed by atoms with E-state index >= 15 is 0 Å². The van der Waals surface area contributed by atoms with Gasteiger partial charge in [0.15, 0.2) is 0 Å². The van der Waals surface area contributed by atoms with Crippen LogP contribution in [0.5, 0.6) is 0 Å². The van der Waals surface area contributed by atoms with Crippen LogP contribution in [0.3, 0.4) is 0 Å². The fourth-order valence-electron chi connectivity index (χ4n) is 2.01. The van der Waals surface area contributed by atoms with Crippen molar-refractivity contribution in [3.05, 3.63) is 59.9 Å². The van der Waals surface area contributed by atoms with Crippen LogP contribution in [0.25, 0.3) is 0 Å². The summed E-state index contributed by atoms with van der Waals surface area (Å²) in [5, 5.41) is 3.43. The maximum absolute atomic E-state index is 5.53. The summed E-state index contributed by atoms with van der Waals surface area (Å²) >= 11 is 4.88. The van der Waals surface area contributed by atoms with E-state index in [0.717, 1.165) is 18.5 Å². The lowest BCUT2D eigenvalue weighted by atomic mass is 10.1. The highest BCUT2D eigenvalue weighted by Gasteiger charge is 2.04. The number of nitrogens with two attached hydrogens (primary N) is 1. The van der Waals surface area contributed by atoms with Crippen molar-refractivity contribution in [3.8, 4) is 0 Å². The van der Waals surface area contributed by atoms with Gasteiger partial charge in [-0.05, 0) is 37.5 Å². The highest BCUT2D eigenvalue weighted by Crippen LogP contribution is 2.11. The van der Waals surface area contributed by atoms with Crippen molar-refractivity contribution in [1.82, 2.24) is 4.98 Å². The molecule has 1 unspecified atom stereocenters. The van der Waals surface area contributed by atoms with E-state index in [4.69, 9.17) is 18.0 Å². The van der Waals surface area contributed by atoms with Gasteiger partial charge in [0.25, 0.3) is 0 Å². The number of anilines is 1.